The minimum absolute atomic E-state index is 0.686. The Bertz CT molecular complexity index is 707. The largest absolute Gasteiger partial charge is 0.389 e. The van der Waals surface area contributed by atoms with Gasteiger partial charge < -0.3 is 5.73 Å². The molecule has 0 amide bonds. The van der Waals surface area contributed by atoms with Crippen molar-refractivity contribution in [2.24, 2.45) is 0 Å². The van der Waals surface area contributed by atoms with Gasteiger partial charge in [-0.2, -0.15) is 0 Å². The second-order valence-corrected chi connectivity index (χ2v) is 5.58. The van der Waals surface area contributed by atoms with Crippen molar-refractivity contribution in [3.8, 4) is 21.8 Å². The van der Waals surface area contributed by atoms with Crippen molar-refractivity contribution in [3.05, 3.63) is 59.6 Å². The number of aromatic nitrogens is 1. The van der Waals surface area contributed by atoms with E-state index >= 15 is 0 Å². The summed E-state index contributed by atoms with van der Waals surface area (Å²) in [6.45, 7) is 0. The lowest BCUT2D eigenvalue weighted by Gasteiger charge is -1.98. The zero-order valence-corrected chi connectivity index (χ0v) is 11.6. The van der Waals surface area contributed by atoms with Gasteiger partial charge in [-0.1, -0.05) is 65.4 Å². The fourth-order valence-electron chi connectivity index (χ4n) is 1.88. The first-order valence-electron chi connectivity index (χ1n) is 5.82. The van der Waals surface area contributed by atoms with Crippen LogP contribution in [0.2, 0.25) is 5.02 Å². The third kappa shape index (κ3) is 2.48. The standard InChI is InChI=1S/C15H11ClN2S/c16-12-8-4-7-11(9-12)13-14(17)19-15(18-13)10-5-2-1-3-6-10/h1-9H,17H2. The molecule has 0 aliphatic heterocycles. The number of rotatable bonds is 2. The summed E-state index contributed by atoms with van der Waals surface area (Å²) in [6.07, 6.45) is 0. The molecule has 0 fully saturated rings. The molecule has 2 nitrogen and oxygen atoms in total. The zero-order valence-electron chi connectivity index (χ0n) is 10.0. The predicted octanol–water partition coefficient (Wildman–Crippen LogP) is 4.71. The molecule has 0 unspecified atom stereocenters. The highest BCUT2D eigenvalue weighted by Crippen LogP contribution is 2.36. The van der Waals surface area contributed by atoms with Crippen LogP contribution in [0.4, 0.5) is 5.00 Å². The highest BCUT2D eigenvalue weighted by Gasteiger charge is 2.11. The van der Waals surface area contributed by atoms with Gasteiger partial charge in [0.25, 0.3) is 0 Å². The molecular weight excluding hydrogens is 276 g/mol. The lowest BCUT2D eigenvalue weighted by molar-refractivity contribution is 1.40. The fraction of sp³-hybridized carbons (Fsp3) is 0. The van der Waals surface area contributed by atoms with Crippen LogP contribution in [0.1, 0.15) is 0 Å². The van der Waals surface area contributed by atoms with E-state index in [2.05, 4.69) is 4.98 Å². The third-order valence-electron chi connectivity index (χ3n) is 2.77. The number of anilines is 1. The summed E-state index contributed by atoms with van der Waals surface area (Å²) in [5, 5.41) is 2.32. The summed E-state index contributed by atoms with van der Waals surface area (Å²) in [6, 6.07) is 17.6. The highest BCUT2D eigenvalue weighted by atomic mass is 35.5. The molecule has 0 atom stereocenters. The van der Waals surface area contributed by atoms with Gasteiger partial charge in [-0.25, -0.2) is 4.98 Å². The molecule has 3 rings (SSSR count). The van der Waals surface area contributed by atoms with E-state index in [-0.39, 0.29) is 0 Å². The summed E-state index contributed by atoms with van der Waals surface area (Å²) in [5.74, 6) is 0. The summed E-state index contributed by atoms with van der Waals surface area (Å²) >= 11 is 7.50. The first kappa shape index (κ1) is 12.2. The van der Waals surface area contributed by atoms with E-state index in [1.807, 2.05) is 54.6 Å². The van der Waals surface area contributed by atoms with Gasteiger partial charge in [0.05, 0.1) is 0 Å². The number of halogens is 1. The molecule has 94 valence electrons. The molecule has 0 bridgehead atoms. The van der Waals surface area contributed by atoms with Crippen LogP contribution < -0.4 is 5.73 Å². The monoisotopic (exact) mass is 286 g/mol. The van der Waals surface area contributed by atoms with E-state index in [4.69, 9.17) is 17.3 Å². The first-order valence-corrected chi connectivity index (χ1v) is 7.01. The smallest absolute Gasteiger partial charge is 0.126 e. The lowest BCUT2D eigenvalue weighted by Crippen LogP contribution is -1.85. The Kier molecular flexibility index (Phi) is 3.23. The molecule has 3 aromatic rings. The minimum Gasteiger partial charge on any atom is -0.389 e. The Hall–Kier alpha value is -1.84. The fourth-order valence-corrected chi connectivity index (χ4v) is 2.93. The van der Waals surface area contributed by atoms with Gasteiger partial charge in [-0.05, 0) is 12.1 Å². The number of thiazole rings is 1. The average molecular weight is 287 g/mol. The number of nitrogens with two attached hydrogens (primary N) is 1. The Labute approximate surface area is 120 Å². The molecule has 19 heavy (non-hydrogen) atoms. The predicted molar refractivity (Wildman–Crippen MR) is 82.4 cm³/mol. The summed E-state index contributed by atoms with van der Waals surface area (Å²) in [4.78, 5) is 4.63. The lowest BCUT2D eigenvalue weighted by atomic mass is 10.1. The molecule has 4 heteroatoms. The second-order valence-electron chi connectivity index (χ2n) is 4.11. The Morgan fingerprint density at radius 3 is 2.42 bits per heavy atom. The molecular formula is C15H11ClN2S. The maximum Gasteiger partial charge on any atom is 0.126 e. The molecule has 1 heterocycles. The van der Waals surface area contributed by atoms with Crippen molar-refractivity contribution in [1.82, 2.24) is 4.98 Å². The molecule has 0 saturated heterocycles. The van der Waals surface area contributed by atoms with Crippen LogP contribution in [-0.2, 0) is 0 Å². The Balaban J connectivity index is 2.08. The highest BCUT2D eigenvalue weighted by molar-refractivity contribution is 7.19. The Morgan fingerprint density at radius 2 is 1.68 bits per heavy atom. The number of hydrogen-bond acceptors (Lipinski definition) is 3. The van der Waals surface area contributed by atoms with Gasteiger partial charge in [0, 0.05) is 16.1 Å². The van der Waals surface area contributed by atoms with Crippen LogP contribution in [0.3, 0.4) is 0 Å². The van der Waals surface area contributed by atoms with E-state index in [0.717, 1.165) is 21.8 Å². The molecule has 1 aromatic heterocycles. The van der Waals surface area contributed by atoms with Crippen LogP contribution in [0.25, 0.3) is 21.8 Å². The third-order valence-corrected chi connectivity index (χ3v) is 3.94. The van der Waals surface area contributed by atoms with Crippen LogP contribution in [-0.4, -0.2) is 4.98 Å². The Morgan fingerprint density at radius 1 is 0.947 bits per heavy atom. The topological polar surface area (TPSA) is 38.9 Å². The second kappa shape index (κ2) is 5.03. The maximum absolute atomic E-state index is 6.07. The van der Waals surface area contributed by atoms with Gasteiger partial charge in [0.2, 0.25) is 0 Å². The molecule has 0 spiro atoms. The normalized spacial score (nSPS) is 10.6. The van der Waals surface area contributed by atoms with E-state index in [1.165, 1.54) is 11.3 Å². The molecule has 0 aliphatic rings. The van der Waals surface area contributed by atoms with E-state index < -0.39 is 0 Å². The number of nitrogens with zero attached hydrogens (tertiary/aromatic N) is 1. The number of benzene rings is 2. The van der Waals surface area contributed by atoms with Gasteiger partial charge in [0.1, 0.15) is 15.7 Å². The number of hydrogen-bond donors (Lipinski definition) is 1. The molecule has 0 aliphatic carbocycles. The minimum atomic E-state index is 0.686. The van der Waals surface area contributed by atoms with Crippen molar-refractivity contribution in [3.63, 3.8) is 0 Å². The van der Waals surface area contributed by atoms with E-state index in [9.17, 15) is 0 Å². The molecule has 2 aromatic carbocycles. The average Bonchev–Trinajstić information content (AvgIpc) is 2.82. The van der Waals surface area contributed by atoms with Gasteiger partial charge in [-0.15, -0.1) is 0 Å². The molecule has 0 saturated carbocycles. The SMILES string of the molecule is Nc1sc(-c2ccccc2)nc1-c1cccc(Cl)c1. The van der Waals surface area contributed by atoms with Crippen LogP contribution in [0.15, 0.2) is 54.6 Å². The van der Waals surface area contributed by atoms with Crippen LogP contribution in [0, 0.1) is 0 Å². The molecule has 0 radical (unpaired) electrons. The van der Waals surface area contributed by atoms with Gasteiger partial charge in [0.15, 0.2) is 0 Å². The maximum atomic E-state index is 6.07. The van der Waals surface area contributed by atoms with Crippen molar-refractivity contribution >= 4 is 27.9 Å². The van der Waals surface area contributed by atoms with E-state index in [0.29, 0.717) is 10.0 Å². The summed E-state index contributed by atoms with van der Waals surface area (Å²) in [5.41, 5.74) is 8.90. The van der Waals surface area contributed by atoms with Gasteiger partial charge in [-0.3, -0.25) is 0 Å². The molecule has 2 N–H and O–H groups in total. The van der Waals surface area contributed by atoms with Crippen molar-refractivity contribution in [2.45, 2.75) is 0 Å². The van der Waals surface area contributed by atoms with Crippen LogP contribution >= 0.6 is 22.9 Å². The number of nitrogen functional groups attached to an aromatic ring is 1. The summed E-state index contributed by atoms with van der Waals surface area (Å²) < 4.78 is 0. The van der Waals surface area contributed by atoms with E-state index in [1.54, 1.807) is 0 Å². The van der Waals surface area contributed by atoms with Crippen molar-refractivity contribution in [1.29, 1.82) is 0 Å². The van der Waals surface area contributed by atoms with Gasteiger partial charge >= 0.3 is 0 Å². The first-order chi connectivity index (χ1) is 9.24. The van der Waals surface area contributed by atoms with Crippen molar-refractivity contribution in [2.75, 3.05) is 5.73 Å². The summed E-state index contributed by atoms with van der Waals surface area (Å²) in [7, 11) is 0. The quantitative estimate of drug-likeness (QED) is 0.741. The zero-order chi connectivity index (χ0) is 13.2. The van der Waals surface area contributed by atoms with Crippen molar-refractivity contribution < 1.29 is 0 Å². The van der Waals surface area contributed by atoms with Crippen LogP contribution in [0.5, 0.6) is 0 Å².